The molecular weight excluding hydrogens is 557 g/mol. The summed E-state index contributed by atoms with van der Waals surface area (Å²) in [6.07, 6.45) is 12.3. The Morgan fingerprint density at radius 3 is 2.00 bits per heavy atom. The molecule has 0 spiro atoms. The Morgan fingerprint density at radius 2 is 1.41 bits per heavy atom. The van der Waals surface area contributed by atoms with Gasteiger partial charge in [-0.25, -0.2) is 0 Å². The summed E-state index contributed by atoms with van der Waals surface area (Å²) in [4.78, 5) is 0. The van der Waals surface area contributed by atoms with Crippen LogP contribution in [0.4, 0.5) is 13.2 Å². The molecule has 44 heavy (non-hydrogen) atoms. The van der Waals surface area contributed by atoms with Crippen molar-refractivity contribution >= 4 is 0 Å². The van der Waals surface area contributed by atoms with Crippen LogP contribution in [0, 0.1) is 17.8 Å². The van der Waals surface area contributed by atoms with E-state index in [1.54, 1.807) is 7.11 Å². The summed E-state index contributed by atoms with van der Waals surface area (Å²) in [5.41, 5.74) is 7.62. The van der Waals surface area contributed by atoms with Gasteiger partial charge in [0.15, 0.2) is 0 Å². The Bertz CT molecular complexity index is 1120. The molecule has 2 aliphatic rings. The highest BCUT2D eigenvalue weighted by Gasteiger charge is 2.31. The molecule has 0 unspecified atom stereocenters. The first-order chi connectivity index (χ1) is 21.2. The number of ether oxygens (including phenoxy) is 1. The number of aryl methyl sites for hydroxylation is 2. The Hall–Kier alpha value is -2.11. The predicted octanol–water partition coefficient (Wildman–Crippen LogP) is 11.0. The Labute approximate surface area is 264 Å². The molecule has 0 heterocycles. The summed E-state index contributed by atoms with van der Waals surface area (Å²) in [5, 5.41) is 9.30. The molecule has 2 aromatic carbocycles. The molecule has 2 aliphatic carbocycles. The fourth-order valence-corrected chi connectivity index (χ4v) is 7.84. The maximum atomic E-state index is 12.4. The first kappa shape index (κ1) is 34.8. The lowest BCUT2D eigenvalue weighted by molar-refractivity contribution is -0.135. The number of unbranched alkanes of at least 4 members (excludes halogenated alkanes) is 1. The van der Waals surface area contributed by atoms with Crippen molar-refractivity contribution in [3.63, 3.8) is 0 Å². The molecule has 0 radical (unpaired) electrons. The van der Waals surface area contributed by atoms with Crippen molar-refractivity contribution in [2.45, 2.75) is 121 Å². The molecule has 0 atom stereocenters. The highest BCUT2D eigenvalue weighted by atomic mass is 19.4. The molecule has 2 fully saturated rings. The molecule has 2 nitrogen and oxygen atoms in total. The Kier molecular flexibility index (Phi) is 13.9. The van der Waals surface area contributed by atoms with E-state index in [0.29, 0.717) is 18.3 Å². The minimum Gasteiger partial charge on any atom is -0.392 e. The molecule has 244 valence electrons. The Balaban J connectivity index is 1.27. The van der Waals surface area contributed by atoms with Crippen LogP contribution in [0.25, 0.3) is 11.1 Å². The van der Waals surface area contributed by atoms with Gasteiger partial charge in [-0.2, -0.15) is 13.2 Å². The Morgan fingerprint density at radius 1 is 0.795 bits per heavy atom. The SMILES string of the molecule is C=C(CO)CCCc1cc(CCCOC)cc(-c2ccc(C3CCC(C4CCC(CCCCC(F)(F)F)CC4)CC3)cc2)c1. The van der Waals surface area contributed by atoms with E-state index >= 15 is 0 Å². The topological polar surface area (TPSA) is 29.5 Å². The van der Waals surface area contributed by atoms with Crippen LogP contribution in [0.15, 0.2) is 54.6 Å². The maximum absolute atomic E-state index is 12.4. The van der Waals surface area contributed by atoms with Crippen LogP contribution in [-0.4, -0.2) is 31.6 Å². The van der Waals surface area contributed by atoms with Gasteiger partial charge in [0.1, 0.15) is 0 Å². The van der Waals surface area contributed by atoms with E-state index in [4.69, 9.17) is 4.74 Å². The van der Waals surface area contributed by atoms with E-state index in [1.165, 1.54) is 79.2 Å². The fourth-order valence-electron chi connectivity index (χ4n) is 7.84. The van der Waals surface area contributed by atoms with Crippen molar-refractivity contribution in [1.29, 1.82) is 0 Å². The third-order valence-corrected chi connectivity index (χ3v) is 10.5. The fraction of sp³-hybridized carbons (Fsp3) is 0.641. The van der Waals surface area contributed by atoms with Crippen LogP contribution >= 0.6 is 0 Å². The van der Waals surface area contributed by atoms with Gasteiger partial charge in [-0.1, -0.05) is 80.3 Å². The summed E-state index contributed by atoms with van der Waals surface area (Å²) >= 11 is 0. The lowest BCUT2D eigenvalue weighted by Gasteiger charge is -2.38. The van der Waals surface area contributed by atoms with Crippen LogP contribution in [0.5, 0.6) is 0 Å². The molecule has 0 saturated heterocycles. The number of aliphatic hydroxyl groups excluding tert-OH is 1. The molecule has 2 aromatic rings. The van der Waals surface area contributed by atoms with E-state index < -0.39 is 12.6 Å². The van der Waals surface area contributed by atoms with E-state index in [-0.39, 0.29) is 6.61 Å². The minimum atomic E-state index is -4.00. The lowest BCUT2D eigenvalue weighted by Crippen LogP contribution is -2.25. The van der Waals surface area contributed by atoms with Crippen molar-refractivity contribution in [2.24, 2.45) is 17.8 Å². The second kappa shape index (κ2) is 17.5. The smallest absolute Gasteiger partial charge is 0.389 e. The summed E-state index contributed by atoms with van der Waals surface area (Å²) in [6.45, 7) is 4.77. The summed E-state index contributed by atoms with van der Waals surface area (Å²) in [6, 6.07) is 16.3. The van der Waals surface area contributed by atoms with Crippen LogP contribution in [0.1, 0.15) is 119 Å². The van der Waals surface area contributed by atoms with Gasteiger partial charge < -0.3 is 9.84 Å². The van der Waals surface area contributed by atoms with Gasteiger partial charge >= 0.3 is 6.18 Å². The normalized spacial score (nSPS) is 22.7. The highest BCUT2D eigenvalue weighted by molar-refractivity contribution is 5.65. The first-order valence-corrected chi connectivity index (χ1v) is 17.3. The molecule has 0 aliphatic heterocycles. The van der Waals surface area contributed by atoms with Crippen molar-refractivity contribution in [3.8, 4) is 11.1 Å². The maximum Gasteiger partial charge on any atom is 0.389 e. The van der Waals surface area contributed by atoms with Gasteiger partial charge in [-0.15, -0.1) is 0 Å². The summed E-state index contributed by atoms with van der Waals surface area (Å²) < 4.78 is 42.6. The largest absolute Gasteiger partial charge is 0.392 e. The zero-order valence-electron chi connectivity index (χ0n) is 27.0. The van der Waals surface area contributed by atoms with Gasteiger partial charge in [0.05, 0.1) is 6.61 Å². The third kappa shape index (κ3) is 11.4. The van der Waals surface area contributed by atoms with Crippen LogP contribution in [0.3, 0.4) is 0 Å². The average Bonchev–Trinajstić information content (AvgIpc) is 3.03. The van der Waals surface area contributed by atoms with Crippen LogP contribution < -0.4 is 0 Å². The quantitative estimate of drug-likeness (QED) is 0.151. The molecular formula is C39H55F3O2. The summed E-state index contributed by atoms with van der Waals surface area (Å²) in [5.74, 6) is 2.92. The van der Waals surface area contributed by atoms with Crippen LogP contribution in [-0.2, 0) is 17.6 Å². The number of methoxy groups -OCH3 is 1. The third-order valence-electron chi connectivity index (χ3n) is 10.5. The predicted molar refractivity (Wildman–Crippen MR) is 176 cm³/mol. The number of benzene rings is 2. The zero-order valence-corrected chi connectivity index (χ0v) is 27.0. The van der Waals surface area contributed by atoms with Crippen LogP contribution in [0.2, 0.25) is 0 Å². The number of halogens is 3. The first-order valence-electron chi connectivity index (χ1n) is 17.3. The molecule has 0 aromatic heterocycles. The number of aliphatic hydroxyl groups is 1. The minimum absolute atomic E-state index is 0.0661. The molecule has 1 N–H and O–H groups in total. The lowest BCUT2D eigenvalue weighted by atomic mass is 9.68. The second-order valence-electron chi connectivity index (χ2n) is 13.8. The van der Waals surface area contributed by atoms with E-state index in [1.807, 2.05) is 0 Å². The molecule has 4 rings (SSSR count). The highest BCUT2D eigenvalue weighted by Crippen LogP contribution is 2.45. The molecule has 0 bridgehead atoms. The van der Waals surface area contributed by atoms with Crippen molar-refractivity contribution in [2.75, 3.05) is 20.3 Å². The van der Waals surface area contributed by atoms with Gasteiger partial charge in [0, 0.05) is 20.1 Å². The van der Waals surface area contributed by atoms with Crippen molar-refractivity contribution in [3.05, 3.63) is 71.3 Å². The van der Waals surface area contributed by atoms with E-state index in [2.05, 4.69) is 49.0 Å². The van der Waals surface area contributed by atoms with Gasteiger partial charge in [0.25, 0.3) is 0 Å². The monoisotopic (exact) mass is 612 g/mol. The molecule has 0 amide bonds. The second-order valence-corrected chi connectivity index (χ2v) is 13.8. The number of hydrogen-bond donors (Lipinski definition) is 1. The molecule has 5 heteroatoms. The summed E-state index contributed by atoms with van der Waals surface area (Å²) in [7, 11) is 1.76. The number of alkyl halides is 3. The molecule has 2 saturated carbocycles. The van der Waals surface area contributed by atoms with Crippen molar-refractivity contribution < 1.29 is 23.0 Å². The number of hydrogen-bond acceptors (Lipinski definition) is 2. The van der Waals surface area contributed by atoms with Crippen molar-refractivity contribution in [1.82, 2.24) is 0 Å². The number of rotatable bonds is 16. The van der Waals surface area contributed by atoms with E-state index in [0.717, 1.165) is 69.0 Å². The van der Waals surface area contributed by atoms with Gasteiger partial charge in [0.2, 0.25) is 0 Å². The average molecular weight is 613 g/mol. The van der Waals surface area contributed by atoms with E-state index in [9.17, 15) is 18.3 Å². The zero-order chi connectivity index (χ0) is 31.4. The standard InChI is InChI=1S/C39H55F3O2/c1-29(28-43)7-5-9-31-25-32(10-6-24-44-2)27-38(26-31)37-21-19-36(20-22-37)35-17-15-34(16-18-35)33-13-11-30(12-14-33)8-3-4-23-39(40,41)42/h19-22,25-27,30,33-35,43H,1,3-18,23-24,28H2,2H3. The van der Waals surface area contributed by atoms with Gasteiger partial charge in [-0.05, 0) is 129 Å². The van der Waals surface area contributed by atoms with Gasteiger partial charge in [-0.3, -0.25) is 0 Å².